The van der Waals surface area contributed by atoms with E-state index in [0.717, 1.165) is 45.1 Å². The molecule has 1 amide bonds. The van der Waals surface area contributed by atoms with Crippen LogP contribution in [0.5, 0.6) is 0 Å². The molecule has 1 atom stereocenters. The summed E-state index contributed by atoms with van der Waals surface area (Å²) >= 11 is 0. The Morgan fingerprint density at radius 1 is 1.20 bits per heavy atom. The minimum atomic E-state index is -0.762. The SMILES string of the molecule is O=C(O)CC1(CNC(=O)C2CCCOC2)CCCCC1. The molecule has 2 fully saturated rings. The maximum Gasteiger partial charge on any atom is 0.303 e. The number of ether oxygens (including phenoxy) is 1. The number of carbonyl (C=O) groups is 2. The first-order valence-corrected chi connectivity index (χ1v) is 7.69. The van der Waals surface area contributed by atoms with E-state index >= 15 is 0 Å². The molecule has 0 spiro atoms. The van der Waals surface area contributed by atoms with Gasteiger partial charge in [0, 0.05) is 13.2 Å². The summed E-state index contributed by atoms with van der Waals surface area (Å²) in [5.74, 6) is -0.795. The molecule has 0 radical (unpaired) electrons. The minimum absolute atomic E-state index is 0.0278. The van der Waals surface area contributed by atoms with Crippen LogP contribution < -0.4 is 5.32 Å². The average Bonchev–Trinajstić information content (AvgIpc) is 2.46. The van der Waals surface area contributed by atoms with E-state index in [1.54, 1.807) is 0 Å². The van der Waals surface area contributed by atoms with Crippen molar-refractivity contribution in [1.82, 2.24) is 5.32 Å². The number of carbonyl (C=O) groups excluding carboxylic acids is 1. The second kappa shape index (κ2) is 7.07. The van der Waals surface area contributed by atoms with Gasteiger partial charge < -0.3 is 15.2 Å². The number of nitrogens with one attached hydrogen (secondary N) is 1. The third kappa shape index (κ3) is 4.20. The Morgan fingerprint density at radius 3 is 2.55 bits per heavy atom. The van der Waals surface area contributed by atoms with Crippen LogP contribution >= 0.6 is 0 Å². The zero-order valence-electron chi connectivity index (χ0n) is 12.0. The number of rotatable bonds is 5. The summed E-state index contributed by atoms with van der Waals surface area (Å²) in [6, 6.07) is 0. The van der Waals surface area contributed by atoms with Crippen molar-refractivity contribution in [3.8, 4) is 0 Å². The summed E-state index contributed by atoms with van der Waals surface area (Å²) < 4.78 is 5.33. The summed E-state index contributed by atoms with van der Waals surface area (Å²) in [4.78, 5) is 23.2. The molecule has 1 aliphatic heterocycles. The number of hydrogen-bond acceptors (Lipinski definition) is 3. The van der Waals surface area contributed by atoms with Gasteiger partial charge in [-0.25, -0.2) is 0 Å². The van der Waals surface area contributed by atoms with E-state index in [1.165, 1.54) is 6.42 Å². The van der Waals surface area contributed by atoms with Crippen molar-refractivity contribution in [2.24, 2.45) is 11.3 Å². The van der Waals surface area contributed by atoms with Crippen molar-refractivity contribution >= 4 is 11.9 Å². The summed E-state index contributed by atoms with van der Waals surface area (Å²) in [6.45, 7) is 1.74. The van der Waals surface area contributed by atoms with Gasteiger partial charge in [0.05, 0.1) is 18.9 Å². The van der Waals surface area contributed by atoms with Gasteiger partial charge in [-0.15, -0.1) is 0 Å². The molecular weight excluding hydrogens is 258 g/mol. The molecule has 0 bridgehead atoms. The second-order valence-electron chi connectivity index (χ2n) is 6.26. The monoisotopic (exact) mass is 283 g/mol. The summed E-state index contributed by atoms with van der Waals surface area (Å²) in [5.41, 5.74) is -0.241. The topological polar surface area (TPSA) is 75.6 Å². The predicted molar refractivity (Wildman–Crippen MR) is 74.3 cm³/mol. The van der Waals surface area contributed by atoms with Crippen LogP contribution in [0.25, 0.3) is 0 Å². The van der Waals surface area contributed by atoms with Crippen molar-refractivity contribution in [2.45, 2.75) is 51.4 Å². The zero-order valence-corrected chi connectivity index (χ0v) is 12.0. The van der Waals surface area contributed by atoms with Crippen LogP contribution in [0.1, 0.15) is 51.4 Å². The molecule has 1 heterocycles. The minimum Gasteiger partial charge on any atom is -0.481 e. The third-order valence-corrected chi connectivity index (χ3v) is 4.61. The van der Waals surface area contributed by atoms with Gasteiger partial charge in [-0.1, -0.05) is 19.3 Å². The molecule has 20 heavy (non-hydrogen) atoms. The molecule has 0 aromatic heterocycles. The number of amides is 1. The Balaban J connectivity index is 1.87. The first-order valence-electron chi connectivity index (χ1n) is 7.69. The molecule has 2 N–H and O–H groups in total. The van der Waals surface area contributed by atoms with Gasteiger partial charge in [0.15, 0.2) is 0 Å². The van der Waals surface area contributed by atoms with E-state index in [4.69, 9.17) is 9.84 Å². The van der Waals surface area contributed by atoms with Crippen LogP contribution in [0.4, 0.5) is 0 Å². The van der Waals surface area contributed by atoms with Crippen LogP contribution in [0.2, 0.25) is 0 Å². The largest absolute Gasteiger partial charge is 0.481 e. The van der Waals surface area contributed by atoms with Crippen LogP contribution in [-0.2, 0) is 14.3 Å². The van der Waals surface area contributed by atoms with E-state index in [9.17, 15) is 9.59 Å². The highest BCUT2D eigenvalue weighted by Crippen LogP contribution is 2.38. The Hall–Kier alpha value is -1.10. The fraction of sp³-hybridized carbons (Fsp3) is 0.867. The summed E-state index contributed by atoms with van der Waals surface area (Å²) in [6.07, 6.45) is 7.07. The quantitative estimate of drug-likeness (QED) is 0.808. The lowest BCUT2D eigenvalue weighted by atomic mass is 9.71. The van der Waals surface area contributed by atoms with Crippen molar-refractivity contribution in [1.29, 1.82) is 0 Å². The predicted octanol–water partition coefficient (Wildman–Crippen LogP) is 1.95. The second-order valence-corrected chi connectivity index (χ2v) is 6.26. The maximum absolute atomic E-state index is 12.1. The van der Waals surface area contributed by atoms with Gasteiger partial charge >= 0.3 is 5.97 Å². The van der Waals surface area contributed by atoms with E-state index < -0.39 is 5.97 Å². The van der Waals surface area contributed by atoms with Crippen molar-refractivity contribution < 1.29 is 19.4 Å². The fourth-order valence-corrected chi connectivity index (χ4v) is 3.41. The molecule has 5 nitrogen and oxygen atoms in total. The average molecular weight is 283 g/mol. The van der Waals surface area contributed by atoms with Gasteiger partial charge in [-0.05, 0) is 31.1 Å². The molecule has 2 rings (SSSR count). The molecule has 114 valence electrons. The molecule has 1 unspecified atom stereocenters. The zero-order chi connectivity index (χ0) is 14.4. The van der Waals surface area contributed by atoms with Gasteiger partial charge in [0.2, 0.25) is 5.91 Å². The Labute approximate surface area is 120 Å². The summed E-state index contributed by atoms with van der Waals surface area (Å²) in [5, 5.41) is 12.1. The Kier molecular flexibility index (Phi) is 5.40. The molecular formula is C15H25NO4. The van der Waals surface area contributed by atoms with Crippen LogP contribution in [-0.4, -0.2) is 36.7 Å². The highest BCUT2D eigenvalue weighted by Gasteiger charge is 2.35. The van der Waals surface area contributed by atoms with Crippen molar-refractivity contribution in [2.75, 3.05) is 19.8 Å². The Bertz CT molecular complexity index is 344. The molecule has 0 aromatic carbocycles. The van der Waals surface area contributed by atoms with Gasteiger partial charge in [-0.3, -0.25) is 9.59 Å². The lowest BCUT2D eigenvalue weighted by Gasteiger charge is -2.36. The van der Waals surface area contributed by atoms with Gasteiger partial charge in [-0.2, -0.15) is 0 Å². The number of aliphatic carboxylic acids is 1. The Morgan fingerprint density at radius 2 is 1.95 bits per heavy atom. The lowest BCUT2D eigenvalue weighted by Crippen LogP contribution is -2.44. The number of hydrogen-bond donors (Lipinski definition) is 2. The molecule has 2 aliphatic rings. The third-order valence-electron chi connectivity index (χ3n) is 4.61. The molecule has 5 heteroatoms. The van der Waals surface area contributed by atoms with E-state index in [-0.39, 0.29) is 23.7 Å². The normalized spacial score (nSPS) is 25.9. The maximum atomic E-state index is 12.1. The lowest BCUT2D eigenvalue weighted by molar-refractivity contribution is -0.141. The highest BCUT2D eigenvalue weighted by atomic mass is 16.5. The van der Waals surface area contributed by atoms with Crippen LogP contribution in [0, 0.1) is 11.3 Å². The molecule has 1 saturated carbocycles. The first-order chi connectivity index (χ1) is 9.61. The van der Waals surface area contributed by atoms with Crippen LogP contribution in [0.3, 0.4) is 0 Å². The van der Waals surface area contributed by atoms with Crippen molar-refractivity contribution in [3.63, 3.8) is 0 Å². The van der Waals surface area contributed by atoms with Gasteiger partial charge in [0.25, 0.3) is 0 Å². The smallest absolute Gasteiger partial charge is 0.303 e. The number of carboxylic acids is 1. The standard InChI is InChI=1S/C15H25NO4/c17-13(18)9-15(6-2-1-3-7-15)11-16-14(19)12-5-4-8-20-10-12/h12H,1-11H2,(H,16,19)(H,17,18). The van der Waals surface area contributed by atoms with E-state index in [2.05, 4.69) is 5.32 Å². The summed E-state index contributed by atoms with van der Waals surface area (Å²) in [7, 11) is 0. The molecule has 1 saturated heterocycles. The van der Waals surface area contributed by atoms with E-state index in [1.807, 2.05) is 0 Å². The first kappa shape index (κ1) is 15.3. The van der Waals surface area contributed by atoms with Crippen LogP contribution in [0.15, 0.2) is 0 Å². The van der Waals surface area contributed by atoms with Crippen molar-refractivity contribution in [3.05, 3.63) is 0 Å². The highest BCUT2D eigenvalue weighted by molar-refractivity contribution is 5.79. The molecule has 0 aromatic rings. The fourth-order valence-electron chi connectivity index (χ4n) is 3.41. The number of carboxylic acid groups (broad SMARTS) is 1. The molecule has 1 aliphatic carbocycles. The van der Waals surface area contributed by atoms with E-state index in [0.29, 0.717) is 13.2 Å². The van der Waals surface area contributed by atoms with Gasteiger partial charge in [0.1, 0.15) is 0 Å².